The number of ether oxygens (including phenoxy) is 1. The molecule has 0 bridgehead atoms. The molecule has 3 atom stereocenters. The molecule has 3 unspecified atom stereocenters. The van der Waals surface area contributed by atoms with E-state index in [1.54, 1.807) is 26.0 Å². The number of rotatable bonds is 7. The van der Waals surface area contributed by atoms with E-state index >= 15 is 0 Å². The number of nitrogens with one attached hydrogen (secondary N) is 2. The van der Waals surface area contributed by atoms with Crippen molar-refractivity contribution < 1.29 is 27.5 Å². The lowest BCUT2D eigenvalue weighted by Crippen LogP contribution is -2.55. The zero-order valence-electron chi connectivity index (χ0n) is 18.3. The van der Waals surface area contributed by atoms with Crippen molar-refractivity contribution in [2.45, 2.75) is 62.7 Å². The predicted molar refractivity (Wildman–Crippen MR) is 115 cm³/mol. The van der Waals surface area contributed by atoms with Crippen molar-refractivity contribution in [1.29, 1.82) is 0 Å². The average Bonchev–Trinajstić information content (AvgIpc) is 3.24. The molecule has 0 saturated carbocycles. The minimum absolute atomic E-state index is 0.119. The molecule has 10 nitrogen and oxygen atoms in total. The molecule has 2 amide bonds. The smallest absolute Gasteiger partial charge is 0.260 e. The number of carbonyl (C=O) groups excluding carboxylic acids is 3. The topological polar surface area (TPSA) is 135 Å². The number of pyridine rings is 1. The summed E-state index contributed by atoms with van der Waals surface area (Å²) in [6.07, 6.45) is 2.94. The zero-order valence-corrected chi connectivity index (χ0v) is 19.1. The number of nitrogens with zero attached hydrogens (tertiary/aromatic N) is 2. The molecule has 32 heavy (non-hydrogen) atoms. The Morgan fingerprint density at radius 1 is 1.22 bits per heavy atom. The molecule has 2 saturated heterocycles. The Hall–Kier alpha value is -2.37. The largest absolute Gasteiger partial charge is 0.368 e. The van der Waals surface area contributed by atoms with Gasteiger partial charge in [-0.15, -0.1) is 0 Å². The molecule has 0 aliphatic carbocycles. The lowest BCUT2D eigenvalue weighted by molar-refractivity contribution is -0.136. The molecule has 0 spiro atoms. The van der Waals surface area contributed by atoms with Gasteiger partial charge in [-0.1, -0.05) is 19.9 Å². The summed E-state index contributed by atoms with van der Waals surface area (Å²) >= 11 is 0. The first-order valence-electron chi connectivity index (χ1n) is 10.9. The summed E-state index contributed by atoms with van der Waals surface area (Å²) < 4.78 is 32.1. The number of hydrogen-bond acceptors (Lipinski definition) is 7. The van der Waals surface area contributed by atoms with E-state index in [-0.39, 0.29) is 29.9 Å². The van der Waals surface area contributed by atoms with Crippen LogP contribution in [0.3, 0.4) is 0 Å². The first-order valence-corrected chi connectivity index (χ1v) is 12.3. The summed E-state index contributed by atoms with van der Waals surface area (Å²) in [7, 11) is -3.91. The highest BCUT2D eigenvalue weighted by Crippen LogP contribution is 2.18. The van der Waals surface area contributed by atoms with Crippen molar-refractivity contribution in [2.24, 2.45) is 5.92 Å². The van der Waals surface area contributed by atoms with E-state index in [0.29, 0.717) is 25.9 Å². The highest BCUT2D eigenvalue weighted by atomic mass is 32.2. The number of Topliss-reactive ketones (excluding diaryl/α,β-unsaturated/α-hetero) is 1. The van der Waals surface area contributed by atoms with Gasteiger partial charge in [0.2, 0.25) is 11.8 Å². The van der Waals surface area contributed by atoms with Crippen LogP contribution in [0.15, 0.2) is 29.4 Å². The van der Waals surface area contributed by atoms with Gasteiger partial charge in [-0.2, -0.15) is 4.31 Å². The summed E-state index contributed by atoms with van der Waals surface area (Å²) in [5, 5.41) is 5.33. The van der Waals surface area contributed by atoms with Crippen LogP contribution in [-0.4, -0.2) is 73.2 Å². The molecule has 3 rings (SSSR count). The molecule has 11 heteroatoms. The molecule has 1 aromatic heterocycles. The number of ketones is 1. The van der Waals surface area contributed by atoms with Crippen LogP contribution in [0.2, 0.25) is 0 Å². The Morgan fingerprint density at radius 2 is 2.00 bits per heavy atom. The van der Waals surface area contributed by atoms with E-state index < -0.39 is 39.9 Å². The fourth-order valence-corrected chi connectivity index (χ4v) is 5.19. The fraction of sp³-hybridized carbons (Fsp3) is 0.619. The van der Waals surface area contributed by atoms with Crippen molar-refractivity contribution in [3.63, 3.8) is 0 Å². The first kappa shape index (κ1) is 24.3. The molecule has 0 aromatic carbocycles. The van der Waals surface area contributed by atoms with Crippen LogP contribution >= 0.6 is 0 Å². The van der Waals surface area contributed by atoms with E-state index in [1.807, 2.05) is 0 Å². The molecule has 1 aromatic rings. The van der Waals surface area contributed by atoms with Crippen molar-refractivity contribution >= 4 is 27.6 Å². The van der Waals surface area contributed by atoms with Crippen molar-refractivity contribution in [3.8, 4) is 0 Å². The number of hydrogen-bond donors (Lipinski definition) is 2. The first-order chi connectivity index (χ1) is 15.2. The highest BCUT2D eigenvalue weighted by Gasteiger charge is 2.36. The van der Waals surface area contributed by atoms with Crippen molar-refractivity contribution in [1.82, 2.24) is 19.9 Å². The monoisotopic (exact) mass is 466 g/mol. The van der Waals surface area contributed by atoms with E-state index in [1.165, 1.54) is 12.3 Å². The second kappa shape index (κ2) is 10.5. The van der Waals surface area contributed by atoms with Gasteiger partial charge in [0, 0.05) is 19.3 Å². The molecule has 3 heterocycles. The van der Waals surface area contributed by atoms with E-state index in [4.69, 9.17) is 4.74 Å². The van der Waals surface area contributed by atoms with E-state index in [0.717, 1.165) is 10.7 Å². The van der Waals surface area contributed by atoms with Gasteiger partial charge in [0.05, 0.1) is 12.6 Å². The minimum Gasteiger partial charge on any atom is -0.368 e. The average molecular weight is 467 g/mol. The summed E-state index contributed by atoms with van der Waals surface area (Å²) in [5.74, 6) is -1.41. The molecule has 2 N–H and O–H groups in total. The lowest BCUT2D eigenvalue weighted by Gasteiger charge is -2.25. The summed E-state index contributed by atoms with van der Waals surface area (Å²) in [5.41, 5.74) is 0. The van der Waals surface area contributed by atoms with Gasteiger partial charge in [0.1, 0.15) is 12.1 Å². The summed E-state index contributed by atoms with van der Waals surface area (Å²) in [6, 6.07) is 2.91. The van der Waals surface area contributed by atoms with Gasteiger partial charge in [0.25, 0.3) is 10.0 Å². The van der Waals surface area contributed by atoms with Gasteiger partial charge in [0.15, 0.2) is 10.8 Å². The number of aromatic nitrogens is 1. The molecular formula is C21H30N4O6S. The van der Waals surface area contributed by atoms with Gasteiger partial charge in [-0.25, -0.2) is 13.4 Å². The normalized spacial score (nSPS) is 23.5. The van der Waals surface area contributed by atoms with Gasteiger partial charge in [-0.3, -0.25) is 14.4 Å². The Kier molecular flexibility index (Phi) is 7.96. The third-order valence-corrected chi connectivity index (χ3v) is 7.41. The Bertz CT molecular complexity index is 931. The molecule has 2 fully saturated rings. The van der Waals surface area contributed by atoms with Crippen molar-refractivity contribution in [2.75, 3.05) is 19.7 Å². The van der Waals surface area contributed by atoms with Crippen LogP contribution < -0.4 is 10.6 Å². The van der Waals surface area contributed by atoms with Gasteiger partial charge >= 0.3 is 0 Å². The maximum Gasteiger partial charge on any atom is 0.260 e. The highest BCUT2D eigenvalue weighted by molar-refractivity contribution is 7.89. The van der Waals surface area contributed by atoms with Crippen LogP contribution in [0, 0.1) is 5.92 Å². The van der Waals surface area contributed by atoms with E-state index in [9.17, 15) is 22.8 Å². The summed E-state index contributed by atoms with van der Waals surface area (Å²) in [6.45, 7) is 3.93. The van der Waals surface area contributed by atoms with Crippen LogP contribution in [0.5, 0.6) is 0 Å². The Labute approximate surface area is 188 Å². The third-order valence-electron chi connectivity index (χ3n) is 5.65. The lowest BCUT2D eigenvalue weighted by atomic mass is 10.0. The van der Waals surface area contributed by atoms with Crippen LogP contribution in [0.25, 0.3) is 0 Å². The third kappa shape index (κ3) is 5.70. The van der Waals surface area contributed by atoms with Gasteiger partial charge < -0.3 is 15.4 Å². The second-order valence-corrected chi connectivity index (χ2v) is 10.3. The predicted octanol–water partition coefficient (Wildman–Crippen LogP) is 0.240. The number of amides is 2. The molecule has 0 radical (unpaired) electrons. The fourth-order valence-electron chi connectivity index (χ4n) is 3.81. The van der Waals surface area contributed by atoms with Crippen molar-refractivity contribution in [3.05, 3.63) is 24.4 Å². The quantitative estimate of drug-likeness (QED) is 0.588. The number of carbonyl (C=O) groups is 3. The number of sulfonamides is 1. The Balaban J connectivity index is 1.64. The van der Waals surface area contributed by atoms with Crippen LogP contribution in [0.1, 0.15) is 39.5 Å². The SMILES string of the molecule is CC(C)C(NC(=O)C1CCCO1)C(=O)NC1CCCN(S(=O)(=O)c2ccccn2)CC1=O. The zero-order chi connectivity index (χ0) is 23.3. The molecule has 176 valence electrons. The second-order valence-electron chi connectivity index (χ2n) is 8.41. The maximum atomic E-state index is 12.9. The Morgan fingerprint density at radius 3 is 2.62 bits per heavy atom. The summed E-state index contributed by atoms with van der Waals surface area (Å²) in [4.78, 5) is 42.0. The molecular weight excluding hydrogens is 436 g/mol. The minimum atomic E-state index is -3.91. The molecule has 2 aliphatic heterocycles. The van der Waals surface area contributed by atoms with Crippen LogP contribution in [0.4, 0.5) is 0 Å². The standard InChI is InChI=1S/C21H30N4O6S/c1-14(2)19(24-20(27)17-8-6-12-31-17)21(28)23-15-7-5-11-25(13-16(15)26)32(29,30)18-9-3-4-10-22-18/h3-4,9-10,14-15,17,19H,5-8,11-13H2,1-2H3,(H,23,28)(H,24,27). The molecule has 2 aliphatic rings. The van der Waals surface area contributed by atoms with Crippen LogP contribution in [-0.2, 0) is 29.1 Å². The maximum absolute atomic E-state index is 12.9. The van der Waals surface area contributed by atoms with E-state index in [2.05, 4.69) is 15.6 Å². The van der Waals surface area contributed by atoms with Gasteiger partial charge in [-0.05, 0) is 43.7 Å².